The number of hydrogen-bond donors (Lipinski definition) is 8. The molecule has 1 aromatic carbocycles. The van der Waals surface area contributed by atoms with E-state index in [-0.39, 0.29) is 49.2 Å². The van der Waals surface area contributed by atoms with Gasteiger partial charge in [0.2, 0.25) is 11.8 Å². The highest BCUT2D eigenvalue weighted by atomic mass is 16.8. The average molecular weight is 733 g/mol. The molecule has 52 heavy (non-hydrogen) atoms. The Morgan fingerprint density at radius 3 is 2.38 bits per heavy atom. The van der Waals surface area contributed by atoms with Gasteiger partial charge < -0.3 is 65.0 Å². The van der Waals surface area contributed by atoms with Gasteiger partial charge in [-0.2, -0.15) is 0 Å². The van der Waals surface area contributed by atoms with Crippen LogP contribution >= 0.6 is 0 Å². The van der Waals surface area contributed by atoms with Crippen LogP contribution in [0.2, 0.25) is 0 Å². The molecule has 10 unspecified atom stereocenters. The lowest BCUT2D eigenvalue weighted by molar-refractivity contribution is -0.298. The van der Waals surface area contributed by atoms with Crippen molar-refractivity contribution in [3.63, 3.8) is 0 Å². The van der Waals surface area contributed by atoms with Gasteiger partial charge in [0.15, 0.2) is 12.1 Å². The highest BCUT2D eigenvalue weighted by molar-refractivity contribution is 5.98. The van der Waals surface area contributed by atoms with E-state index in [0.717, 1.165) is 25.7 Å². The number of nitrogens with one attached hydrogen (secondary N) is 2. The van der Waals surface area contributed by atoms with Gasteiger partial charge in [0.25, 0.3) is 0 Å². The summed E-state index contributed by atoms with van der Waals surface area (Å²) >= 11 is 0. The number of amides is 2. The molecular formula is C36H48N2O14. The van der Waals surface area contributed by atoms with Crippen molar-refractivity contribution in [2.45, 2.75) is 106 Å². The van der Waals surface area contributed by atoms with Crippen molar-refractivity contribution < 1.29 is 68.7 Å². The largest absolute Gasteiger partial charge is 0.456 e. The summed E-state index contributed by atoms with van der Waals surface area (Å²) < 4.78 is 30.3. The second kappa shape index (κ2) is 16.4. The summed E-state index contributed by atoms with van der Waals surface area (Å²) in [6, 6.07) is 5.34. The quantitative estimate of drug-likeness (QED) is 0.0973. The Kier molecular flexibility index (Phi) is 12.1. The Morgan fingerprint density at radius 1 is 1.02 bits per heavy atom. The predicted molar refractivity (Wildman–Crippen MR) is 179 cm³/mol. The van der Waals surface area contributed by atoms with Crippen molar-refractivity contribution in [2.75, 3.05) is 26.4 Å². The first-order valence-electron chi connectivity index (χ1n) is 17.8. The third kappa shape index (κ3) is 8.26. The van der Waals surface area contributed by atoms with Crippen LogP contribution in [0.3, 0.4) is 0 Å². The Balaban J connectivity index is 1.17. The van der Waals surface area contributed by atoms with E-state index < -0.39 is 91.3 Å². The minimum atomic E-state index is -1.58. The van der Waals surface area contributed by atoms with E-state index in [2.05, 4.69) is 10.6 Å². The predicted octanol–water partition coefficient (Wildman–Crippen LogP) is -1.35. The van der Waals surface area contributed by atoms with Crippen molar-refractivity contribution in [1.82, 2.24) is 10.6 Å². The third-order valence-corrected chi connectivity index (χ3v) is 10.1. The van der Waals surface area contributed by atoms with Crippen LogP contribution in [0.1, 0.15) is 54.9 Å². The van der Waals surface area contributed by atoms with E-state index in [9.17, 15) is 39.9 Å². The number of esters is 1. The number of benzene rings is 1. The van der Waals surface area contributed by atoms with Crippen LogP contribution in [0.15, 0.2) is 42.0 Å². The molecule has 0 aromatic heterocycles. The Hall–Kier alpha value is -3.29. The molecule has 4 fully saturated rings. The number of hydrogen-bond acceptors (Lipinski definition) is 14. The lowest BCUT2D eigenvalue weighted by Crippen LogP contribution is -2.59. The van der Waals surface area contributed by atoms with Gasteiger partial charge in [0.05, 0.1) is 31.5 Å². The number of rotatable bonds is 15. The normalized spacial score (nSPS) is 32.4. The van der Waals surface area contributed by atoms with E-state index >= 15 is 0 Å². The van der Waals surface area contributed by atoms with Gasteiger partial charge in [-0.25, -0.2) is 4.79 Å². The highest BCUT2D eigenvalue weighted by Gasteiger charge is 2.64. The van der Waals surface area contributed by atoms with Crippen LogP contribution in [-0.4, -0.2) is 142 Å². The first-order chi connectivity index (χ1) is 25.0. The molecule has 10 atom stereocenters. The molecule has 1 aromatic rings. The second-order valence-corrected chi connectivity index (χ2v) is 14.0. The Bertz CT molecular complexity index is 1500. The maximum absolute atomic E-state index is 13.8. The summed E-state index contributed by atoms with van der Waals surface area (Å²) in [5, 5.41) is 64.1. The lowest BCUT2D eigenvalue weighted by atomic mass is 9.91. The van der Waals surface area contributed by atoms with E-state index in [4.69, 9.17) is 28.8 Å². The molecule has 5 aliphatic rings. The number of carbonyl (C=O) groups excluding carboxylic acids is 3. The van der Waals surface area contributed by atoms with Gasteiger partial charge in [-0.1, -0.05) is 30.4 Å². The number of aliphatic hydroxyl groups excluding tert-OH is 6. The summed E-state index contributed by atoms with van der Waals surface area (Å²) in [4.78, 5) is 40.1. The van der Waals surface area contributed by atoms with Crippen LogP contribution in [0, 0.1) is 11.8 Å². The second-order valence-electron chi connectivity index (χ2n) is 14.0. The molecule has 2 saturated heterocycles. The van der Waals surface area contributed by atoms with E-state index in [1.165, 1.54) is 6.92 Å². The molecule has 0 bridgehead atoms. The molecule has 2 amide bonds. The molecular weight excluding hydrogens is 684 g/mol. The third-order valence-electron chi connectivity index (χ3n) is 10.1. The molecule has 8 N–H and O–H groups in total. The first-order valence-corrected chi connectivity index (χ1v) is 17.8. The zero-order chi connectivity index (χ0) is 37.2. The standard InChI is InChI=1S/C36H48N2O14/c1-18(41)27(33(46)37-12-13-39)38-32(45)20-15-24(31-25(16-20)51-36(52-31,21-8-9-21)22-10-11-22)49-34(47)23-7-3-2-5-19(23)6-4-14-48-35-30(44)29(43)28(42)26(17-40)50-35/h2-7,16,18,21-22,24-31,35,39-44H,8-15,17H2,1H3,(H,37,46)(H,38,45). The summed E-state index contributed by atoms with van der Waals surface area (Å²) in [5.41, 5.74) is 0.866. The SMILES string of the molecule is CC(O)C(NC(=O)C1=CC2OC(C3CC3)(C3CC3)OC2C(OC(=O)c2ccccc2C=CCOC2OC(CO)C(O)C(O)C2O)C1)C(=O)NCCO. The molecule has 0 radical (unpaired) electrons. The number of ether oxygens (including phenoxy) is 5. The van der Waals surface area contributed by atoms with Crippen molar-refractivity contribution in [2.24, 2.45) is 11.8 Å². The highest BCUT2D eigenvalue weighted by Crippen LogP contribution is 2.59. The fourth-order valence-corrected chi connectivity index (χ4v) is 7.06. The summed E-state index contributed by atoms with van der Waals surface area (Å²) in [7, 11) is 0. The van der Waals surface area contributed by atoms with Gasteiger partial charge in [-0.15, -0.1) is 0 Å². The van der Waals surface area contributed by atoms with Gasteiger partial charge in [0.1, 0.15) is 48.8 Å². The van der Waals surface area contributed by atoms with Gasteiger partial charge in [0, 0.05) is 30.4 Å². The molecule has 16 nitrogen and oxygen atoms in total. The van der Waals surface area contributed by atoms with Crippen LogP contribution < -0.4 is 10.6 Å². The van der Waals surface area contributed by atoms with E-state index in [0.29, 0.717) is 5.56 Å². The van der Waals surface area contributed by atoms with Gasteiger partial charge in [-0.3, -0.25) is 9.59 Å². The van der Waals surface area contributed by atoms with Gasteiger partial charge in [-0.05, 0) is 50.3 Å². The molecule has 6 rings (SSSR count). The number of aliphatic hydroxyl groups is 6. The van der Waals surface area contributed by atoms with Crippen LogP contribution in [0.4, 0.5) is 0 Å². The number of fused-ring (bicyclic) bond motifs is 1. The molecule has 286 valence electrons. The van der Waals surface area contributed by atoms with Crippen molar-refractivity contribution >= 4 is 23.9 Å². The topological polar surface area (TPSA) is 243 Å². The minimum Gasteiger partial charge on any atom is -0.456 e. The van der Waals surface area contributed by atoms with Crippen molar-refractivity contribution in [1.29, 1.82) is 0 Å². The minimum absolute atomic E-state index is 0.0523. The summed E-state index contributed by atoms with van der Waals surface area (Å²) in [6.07, 6.45) is -2.19. The number of carbonyl (C=O) groups is 3. The molecule has 2 saturated carbocycles. The molecule has 16 heteroatoms. The lowest BCUT2D eigenvalue weighted by Gasteiger charge is -2.39. The molecule has 2 aliphatic heterocycles. The molecule has 0 spiro atoms. The Labute approximate surface area is 300 Å². The summed E-state index contributed by atoms with van der Waals surface area (Å²) in [6.45, 7) is 0.275. The summed E-state index contributed by atoms with van der Waals surface area (Å²) in [5.74, 6) is -2.45. The van der Waals surface area contributed by atoms with Crippen molar-refractivity contribution in [3.8, 4) is 0 Å². The maximum atomic E-state index is 13.8. The smallest absolute Gasteiger partial charge is 0.339 e. The average Bonchev–Trinajstić information content (AvgIpc) is 4.08. The zero-order valence-corrected chi connectivity index (χ0v) is 28.8. The maximum Gasteiger partial charge on any atom is 0.339 e. The van der Waals surface area contributed by atoms with Crippen LogP contribution in [0.25, 0.3) is 6.08 Å². The zero-order valence-electron chi connectivity index (χ0n) is 28.8. The molecule has 3 aliphatic carbocycles. The van der Waals surface area contributed by atoms with Crippen LogP contribution in [-0.2, 0) is 33.3 Å². The van der Waals surface area contributed by atoms with E-state index in [1.54, 1.807) is 42.5 Å². The molecule has 2 heterocycles. The fourth-order valence-electron chi connectivity index (χ4n) is 7.06. The van der Waals surface area contributed by atoms with Crippen molar-refractivity contribution in [3.05, 3.63) is 53.1 Å². The van der Waals surface area contributed by atoms with E-state index in [1.807, 2.05) is 0 Å². The first kappa shape index (κ1) is 38.4. The fraction of sp³-hybridized carbons (Fsp3) is 0.639. The monoisotopic (exact) mass is 732 g/mol. The van der Waals surface area contributed by atoms with Gasteiger partial charge >= 0.3 is 5.97 Å². The van der Waals surface area contributed by atoms with Crippen LogP contribution in [0.5, 0.6) is 0 Å². The Morgan fingerprint density at radius 2 is 1.73 bits per heavy atom.